The Balaban J connectivity index is 1.76. The number of para-hydroxylation sites is 1. The van der Waals surface area contributed by atoms with E-state index in [2.05, 4.69) is 88.2 Å². The Morgan fingerprint density at radius 1 is 0.967 bits per heavy atom. The number of aromatic nitrogens is 3. The van der Waals surface area contributed by atoms with Gasteiger partial charge < -0.3 is 20.9 Å². The van der Waals surface area contributed by atoms with Crippen molar-refractivity contribution in [2.24, 2.45) is 0 Å². The summed E-state index contributed by atoms with van der Waals surface area (Å²) in [4.78, 5) is 2.31. The van der Waals surface area contributed by atoms with Crippen LogP contribution in [0, 0.1) is 0 Å². The molecule has 0 bridgehead atoms. The summed E-state index contributed by atoms with van der Waals surface area (Å²) < 4.78 is 0. The van der Waals surface area contributed by atoms with E-state index in [-0.39, 0.29) is 0 Å². The maximum atomic E-state index is 4.21. The third-order valence-corrected chi connectivity index (χ3v) is 4.81. The summed E-state index contributed by atoms with van der Waals surface area (Å²) >= 11 is 0. The van der Waals surface area contributed by atoms with E-state index in [1.165, 1.54) is 11.3 Å². The molecule has 7 nitrogen and oxygen atoms in total. The second-order valence-corrected chi connectivity index (χ2v) is 7.35. The maximum Gasteiger partial charge on any atom is 0.179 e. The van der Waals surface area contributed by atoms with E-state index >= 15 is 0 Å². The maximum absolute atomic E-state index is 4.21. The zero-order valence-electron chi connectivity index (χ0n) is 18.2. The van der Waals surface area contributed by atoms with Crippen LogP contribution in [0.15, 0.2) is 54.7 Å². The Hall–Kier alpha value is -3.35. The highest BCUT2D eigenvalue weighted by molar-refractivity contribution is 5.71. The minimum Gasteiger partial charge on any atom is -0.383 e. The molecule has 0 saturated heterocycles. The van der Waals surface area contributed by atoms with Gasteiger partial charge in [0.1, 0.15) is 5.69 Å². The quantitative estimate of drug-likeness (QED) is 0.443. The van der Waals surface area contributed by atoms with E-state index < -0.39 is 0 Å². The lowest BCUT2D eigenvalue weighted by Crippen LogP contribution is -2.21. The van der Waals surface area contributed by atoms with Crippen LogP contribution in [-0.2, 0) is 6.54 Å². The average molecular weight is 406 g/mol. The largest absolute Gasteiger partial charge is 0.383 e. The van der Waals surface area contributed by atoms with E-state index in [0.29, 0.717) is 18.4 Å². The highest BCUT2D eigenvalue weighted by atomic mass is 15.3. The van der Waals surface area contributed by atoms with Crippen LogP contribution in [0.5, 0.6) is 0 Å². The average Bonchev–Trinajstić information content (AvgIpc) is 2.75. The van der Waals surface area contributed by atoms with Gasteiger partial charge in [0.05, 0.1) is 6.20 Å². The van der Waals surface area contributed by atoms with Gasteiger partial charge in [-0.05, 0) is 62.7 Å². The van der Waals surface area contributed by atoms with Crippen molar-refractivity contribution in [2.75, 3.05) is 33.9 Å². The summed E-state index contributed by atoms with van der Waals surface area (Å²) in [5.74, 6) is 0.649. The van der Waals surface area contributed by atoms with Gasteiger partial charge in [-0.15, -0.1) is 10.2 Å². The van der Waals surface area contributed by atoms with Gasteiger partial charge in [-0.2, -0.15) is 0 Å². The minimum absolute atomic E-state index is 0.366. The lowest BCUT2D eigenvalue weighted by Gasteiger charge is -2.22. The van der Waals surface area contributed by atoms with Crippen LogP contribution in [0.2, 0.25) is 0 Å². The van der Waals surface area contributed by atoms with Gasteiger partial charge in [0.2, 0.25) is 0 Å². The molecule has 0 spiro atoms. The van der Waals surface area contributed by atoms with Crippen LogP contribution in [0.4, 0.5) is 28.6 Å². The first kappa shape index (κ1) is 21.4. The summed E-state index contributed by atoms with van der Waals surface area (Å²) in [6, 6.07) is 17.0. The van der Waals surface area contributed by atoms with E-state index in [0.717, 1.165) is 30.2 Å². The molecule has 0 fully saturated rings. The molecule has 7 heteroatoms. The fraction of sp³-hybridized carbons (Fsp3) is 0.348. The molecule has 0 amide bonds. The van der Waals surface area contributed by atoms with Gasteiger partial charge >= 0.3 is 0 Å². The molecule has 0 unspecified atom stereocenters. The van der Waals surface area contributed by atoms with E-state index in [1.807, 2.05) is 24.3 Å². The Labute approximate surface area is 178 Å². The standard InChI is InChI=1S/C23H31N7/c1-5-30(6-2)20-12-9-11-19(14-20)27-23-22(16-25-29-28-23)24-15-18-10-7-8-13-21(18)26-17(3)4/h7-14,16-17,26H,5-6,15H2,1-4H3,(H,24,29)(H,25,27,28). The van der Waals surface area contributed by atoms with Gasteiger partial charge in [-0.1, -0.05) is 24.3 Å². The molecule has 1 heterocycles. The Bertz CT molecular complexity index is 938. The molecule has 0 aliphatic rings. The Kier molecular flexibility index (Phi) is 7.43. The van der Waals surface area contributed by atoms with Crippen molar-refractivity contribution in [1.82, 2.24) is 15.4 Å². The molecular weight excluding hydrogens is 374 g/mol. The molecule has 0 aliphatic heterocycles. The number of anilines is 5. The van der Waals surface area contributed by atoms with Gasteiger partial charge in [0, 0.05) is 42.7 Å². The second kappa shape index (κ2) is 10.4. The molecule has 0 radical (unpaired) electrons. The number of rotatable bonds is 10. The number of nitrogens with one attached hydrogen (secondary N) is 3. The third kappa shape index (κ3) is 5.59. The number of benzene rings is 2. The van der Waals surface area contributed by atoms with Crippen molar-refractivity contribution in [2.45, 2.75) is 40.3 Å². The second-order valence-electron chi connectivity index (χ2n) is 7.35. The topological polar surface area (TPSA) is 78.0 Å². The first-order valence-corrected chi connectivity index (χ1v) is 10.5. The molecule has 3 N–H and O–H groups in total. The van der Waals surface area contributed by atoms with E-state index in [9.17, 15) is 0 Å². The summed E-state index contributed by atoms with van der Waals surface area (Å²) in [7, 11) is 0. The van der Waals surface area contributed by atoms with Crippen molar-refractivity contribution in [1.29, 1.82) is 0 Å². The monoisotopic (exact) mass is 405 g/mol. The van der Waals surface area contributed by atoms with Crippen molar-refractivity contribution in [3.63, 3.8) is 0 Å². The predicted molar refractivity (Wildman–Crippen MR) is 126 cm³/mol. The van der Waals surface area contributed by atoms with Gasteiger partial charge in [-0.3, -0.25) is 0 Å². The molecule has 3 aromatic rings. The molecule has 2 aromatic carbocycles. The molecular formula is C23H31N7. The fourth-order valence-electron chi connectivity index (χ4n) is 3.31. The van der Waals surface area contributed by atoms with Crippen molar-refractivity contribution >= 4 is 28.6 Å². The summed E-state index contributed by atoms with van der Waals surface area (Å²) in [6.45, 7) is 11.2. The lowest BCUT2D eigenvalue weighted by atomic mass is 10.1. The first-order chi connectivity index (χ1) is 14.6. The molecule has 158 valence electrons. The summed E-state index contributed by atoms with van der Waals surface area (Å²) in [6.07, 6.45) is 1.70. The van der Waals surface area contributed by atoms with Crippen LogP contribution in [-0.4, -0.2) is 34.5 Å². The summed E-state index contributed by atoms with van der Waals surface area (Å²) in [5.41, 5.74) is 5.24. The molecule has 0 saturated carbocycles. The molecule has 0 aliphatic carbocycles. The van der Waals surface area contributed by atoms with Crippen LogP contribution < -0.4 is 20.9 Å². The summed E-state index contributed by atoms with van der Waals surface area (Å²) in [5, 5.41) is 22.3. The molecule has 1 aromatic heterocycles. The fourth-order valence-corrected chi connectivity index (χ4v) is 3.31. The van der Waals surface area contributed by atoms with Crippen molar-refractivity contribution in [3.05, 3.63) is 60.3 Å². The zero-order chi connectivity index (χ0) is 21.3. The van der Waals surface area contributed by atoms with E-state index in [1.54, 1.807) is 6.20 Å². The van der Waals surface area contributed by atoms with Crippen molar-refractivity contribution in [3.8, 4) is 0 Å². The van der Waals surface area contributed by atoms with Gasteiger partial charge in [-0.25, -0.2) is 0 Å². The highest BCUT2D eigenvalue weighted by Crippen LogP contribution is 2.26. The minimum atomic E-state index is 0.366. The number of nitrogens with zero attached hydrogens (tertiary/aromatic N) is 4. The molecule has 3 rings (SSSR count). The predicted octanol–water partition coefficient (Wildman–Crippen LogP) is 4.89. The highest BCUT2D eigenvalue weighted by Gasteiger charge is 2.09. The zero-order valence-corrected chi connectivity index (χ0v) is 18.2. The number of hydrogen-bond acceptors (Lipinski definition) is 7. The van der Waals surface area contributed by atoms with Crippen LogP contribution >= 0.6 is 0 Å². The lowest BCUT2D eigenvalue weighted by molar-refractivity contribution is 0.864. The Morgan fingerprint density at radius 3 is 2.53 bits per heavy atom. The van der Waals surface area contributed by atoms with Crippen LogP contribution in [0.3, 0.4) is 0 Å². The Morgan fingerprint density at radius 2 is 1.77 bits per heavy atom. The van der Waals surface area contributed by atoms with E-state index in [4.69, 9.17) is 0 Å². The molecule has 30 heavy (non-hydrogen) atoms. The van der Waals surface area contributed by atoms with Crippen molar-refractivity contribution < 1.29 is 0 Å². The molecule has 0 atom stereocenters. The first-order valence-electron chi connectivity index (χ1n) is 10.5. The van der Waals surface area contributed by atoms with Crippen LogP contribution in [0.25, 0.3) is 0 Å². The smallest absolute Gasteiger partial charge is 0.179 e. The van der Waals surface area contributed by atoms with Gasteiger partial charge in [0.15, 0.2) is 5.82 Å². The third-order valence-electron chi connectivity index (χ3n) is 4.81. The van der Waals surface area contributed by atoms with Crippen LogP contribution in [0.1, 0.15) is 33.3 Å². The SMILES string of the molecule is CCN(CC)c1cccc(Nc2nnncc2NCc2ccccc2NC(C)C)c1. The van der Waals surface area contributed by atoms with Gasteiger partial charge in [0.25, 0.3) is 0 Å². The number of hydrogen-bond donors (Lipinski definition) is 3. The normalized spacial score (nSPS) is 10.7.